The maximum absolute atomic E-state index is 11.7. The Hall–Kier alpha value is -3.61. The highest BCUT2D eigenvalue weighted by Crippen LogP contribution is 2.20. The van der Waals surface area contributed by atoms with Crippen molar-refractivity contribution in [3.63, 3.8) is 0 Å². The number of hydrazone groups is 1. The number of ether oxygens (including phenoxy) is 1. The number of aromatic nitrogens is 1. The summed E-state index contributed by atoms with van der Waals surface area (Å²) in [5.74, 6) is 0.723. The van der Waals surface area contributed by atoms with Crippen LogP contribution in [0.3, 0.4) is 0 Å². The van der Waals surface area contributed by atoms with Gasteiger partial charge in [0.15, 0.2) is 12.2 Å². The van der Waals surface area contributed by atoms with Crippen LogP contribution in [0.2, 0.25) is 0 Å². The molecule has 1 aromatic heterocycles. The predicted molar refractivity (Wildman–Crippen MR) is 113 cm³/mol. The van der Waals surface area contributed by atoms with Gasteiger partial charge in [0.25, 0.3) is 0 Å². The zero-order valence-electron chi connectivity index (χ0n) is 16.7. The molecule has 0 radical (unpaired) electrons. The topological polar surface area (TPSA) is 88.8 Å². The van der Waals surface area contributed by atoms with E-state index in [4.69, 9.17) is 9.15 Å². The zero-order valence-corrected chi connectivity index (χ0v) is 16.7. The second kappa shape index (κ2) is 9.05. The van der Waals surface area contributed by atoms with E-state index < -0.39 is 11.7 Å². The Kier molecular flexibility index (Phi) is 6.29. The van der Waals surface area contributed by atoms with Gasteiger partial charge in [-0.1, -0.05) is 24.3 Å². The van der Waals surface area contributed by atoms with Gasteiger partial charge in [-0.3, -0.25) is 5.43 Å². The molecule has 0 bridgehead atoms. The van der Waals surface area contributed by atoms with E-state index in [-0.39, 0.29) is 0 Å². The third-order valence-corrected chi connectivity index (χ3v) is 3.82. The van der Waals surface area contributed by atoms with Gasteiger partial charge in [-0.05, 0) is 56.2 Å². The lowest BCUT2D eigenvalue weighted by Crippen LogP contribution is -2.32. The number of oxazole rings is 1. The zero-order chi connectivity index (χ0) is 20.7. The second-order valence-corrected chi connectivity index (χ2v) is 7.41. The standard InChI is InChI=1S/C22H24N4O3/c1-22(2,3)29-21(27)24-12-16-4-6-17(7-5-16)13-25-26-19-10-8-18(9-11-19)20-14-23-15-28-20/h4-11,13-15,26H,12H2,1-3H3,(H,24,27). The molecule has 7 nitrogen and oxygen atoms in total. The van der Waals surface area contributed by atoms with Crippen LogP contribution in [0.15, 0.2) is 70.6 Å². The van der Waals surface area contributed by atoms with E-state index in [1.165, 1.54) is 6.39 Å². The lowest BCUT2D eigenvalue weighted by molar-refractivity contribution is 0.0523. The van der Waals surface area contributed by atoms with E-state index in [0.717, 1.165) is 28.1 Å². The molecule has 0 spiro atoms. The number of hydrogen-bond donors (Lipinski definition) is 2. The maximum atomic E-state index is 11.7. The molecule has 2 aromatic carbocycles. The molecule has 1 amide bonds. The average Bonchev–Trinajstić information content (AvgIpc) is 3.21. The third-order valence-electron chi connectivity index (χ3n) is 3.82. The van der Waals surface area contributed by atoms with Gasteiger partial charge < -0.3 is 14.5 Å². The maximum Gasteiger partial charge on any atom is 0.407 e. The largest absolute Gasteiger partial charge is 0.444 e. The van der Waals surface area contributed by atoms with E-state index >= 15 is 0 Å². The highest BCUT2D eigenvalue weighted by Gasteiger charge is 2.15. The predicted octanol–water partition coefficient (Wildman–Crippen LogP) is 4.81. The summed E-state index contributed by atoms with van der Waals surface area (Å²) in [6.45, 7) is 5.90. The smallest absolute Gasteiger partial charge is 0.407 e. The fraction of sp³-hybridized carbons (Fsp3) is 0.227. The number of anilines is 1. The Labute approximate surface area is 169 Å². The minimum atomic E-state index is -0.506. The Balaban J connectivity index is 1.48. The van der Waals surface area contributed by atoms with Crippen molar-refractivity contribution >= 4 is 18.0 Å². The first-order valence-electron chi connectivity index (χ1n) is 9.23. The first-order valence-corrected chi connectivity index (χ1v) is 9.23. The van der Waals surface area contributed by atoms with Crippen LogP contribution < -0.4 is 10.7 Å². The first-order chi connectivity index (χ1) is 13.9. The van der Waals surface area contributed by atoms with Crippen LogP contribution in [0, 0.1) is 0 Å². The summed E-state index contributed by atoms with van der Waals surface area (Å²) in [6.07, 6.45) is 4.38. The number of nitrogens with one attached hydrogen (secondary N) is 2. The summed E-state index contributed by atoms with van der Waals surface area (Å²) in [6, 6.07) is 15.4. The molecule has 150 valence electrons. The quantitative estimate of drug-likeness (QED) is 0.464. The van der Waals surface area contributed by atoms with E-state index in [2.05, 4.69) is 20.8 Å². The second-order valence-electron chi connectivity index (χ2n) is 7.41. The number of carbonyl (C=O) groups is 1. The Morgan fingerprint density at radius 1 is 1.14 bits per heavy atom. The molecule has 0 fully saturated rings. The SMILES string of the molecule is CC(C)(C)OC(=O)NCc1ccc(C=NNc2ccc(-c3cnco3)cc2)cc1. The Morgan fingerprint density at radius 2 is 1.86 bits per heavy atom. The molecule has 29 heavy (non-hydrogen) atoms. The number of hydrogen-bond acceptors (Lipinski definition) is 6. The molecule has 0 aliphatic carbocycles. The molecule has 7 heteroatoms. The molecule has 0 saturated heterocycles. The monoisotopic (exact) mass is 392 g/mol. The highest BCUT2D eigenvalue weighted by atomic mass is 16.6. The van der Waals surface area contributed by atoms with Crippen molar-refractivity contribution in [3.05, 3.63) is 72.2 Å². The summed E-state index contributed by atoms with van der Waals surface area (Å²) < 4.78 is 10.5. The van der Waals surface area contributed by atoms with Gasteiger partial charge in [-0.2, -0.15) is 5.10 Å². The summed E-state index contributed by atoms with van der Waals surface area (Å²) in [7, 11) is 0. The van der Waals surface area contributed by atoms with Crippen LogP contribution in [0.5, 0.6) is 0 Å². The molecule has 3 rings (SSSR count). The molecule has 0 unspecified atom stereocenters. The van der Waals surface area contributed by atoms with Crippen molar-refractivity contribution in [2.24, 2.45) is 5.10 Å². The van der Waals surface area contributed by atoms with Gasteiger partial charge >= 0.3 is 6.09 Å². The van der Waals surface area contributed by atoms with Crippen molar-refractivity contribution < 1.29 is 13.9 Å². The molecule has 0 aliphatic rings. The number of rotatable bonds is 6. The molecule has 0 saturated carbocycles. The van der Waals surface area contributed by atoms with Crippen LogP contribution in [0.4, 0.5) is 10.5 Å². The van der Waals surface area contributed by atoms with Crippen molar-refractivity contribution in [2.45, 2.75) is 32.9 Å². The van der Waals surface area contributed by atoms with Crippen LogP contribution in [0.1, 0.15) is 31.9 Å². The fourth-order valence-corrected chi connectivity index (χ4v) is 2.46. The van der Waals surface area contributed by atoms with Crippen molar-refractivity contribution in [1.82, 2.24) is 10.3 Å². The van der Waals surface area contributed by atoms with Gasteiger partial charge in [0.05, 0.1) is 18.1 Å². The average molecular weight is 392 g/mol. The van der Waals surface area contributed by atoms with Gasteiger partial charge in [-0.15, -0.1) is 0 Å². The van der Waals surface area contributed by atoms with Crippen LogP contribution in [-0.2, 0) is 11.3 Å². The molecule has 1 heterocycles. The van der Waals surface area contributed by atoms with E-state index in [0.29, 0.717) is 6.54 Å². The van der Waals surface area contributed by atoms with Crippen molar-refractivity contribution in [2.75, 3.05) is 5.43 Å². The minimum Gasteiger partial charge on any atom is -0.444 e. The number of alkyl carbamates (subject to hydrolysis) is 1. The molecular weight excluding hydrogens is 368 g/mol. The third kappa shape index (κ3) is 6.49. The summed E-state index contributed by atoms with van der Waals surface area (Å²) in [5.41, 5.74) is 6.22. The fourth-order valence-electron chi connectivity index (χ4n) is 2.46. The molecule has 0 atom stereocenters. The van der Waals surface area contributed by atoms with Crippen LogP contribution in [-0.4, -0.2) is 22.9 Å². The van der Waals surface area contributed by atoms with E-state index in [1.54, 1.807) is 12.4 Å². The lowest BCUT2D eigenvalue weighted by Gasteiger charge is -2.19. The normalized spacial score (nSPS) is 11.4. The Bertz CT molecular complexity index is 941. The van der Waals surface area contributed by atoms with Gasteiger partial charge in [0.2, 0.25) is 0 Å². The van der Waals surface area contributed by atoms with Gasteiger partial charge in [0.1, 0.15) is 5.60 Å². The van der Waals surface area contributed by atoms with E-state index in [9.17, 15) is 4.79 Å². The lowest BCUT2D eigenvalue weighted by atomic mass is 10.1. The number of amides is 1. The first kappa shape index (κ1) is 20.1. The summed E-state index contributed by atoms with van der Waals surface area (Å²) in [5, 5.41) is 6.98. The van der Waals surface area contributed by atoms with Gasteiger partial charge in [0, 0.05) is 12.1 Å². The summed E-state index contributed by atoms with van der Waals surface area (Å²) >= 11 is 0. The highest BCUT2D eigenvalue weighted by molar-refractivity contribution is 5.80. The number of benzene rings is 2. The molecule has 0 aliphatic heterocycles. The van der Waals surface area contributed by atoms with Crippen molar-refractivity contribution in [1.29, 1.82) is 0 Å². The molecule has 2 N–H and O–H groups in total. The van der Waals surface area contributed by atoms with Gasteiger partial charge in [-0.25, -0.2) is 9.78 Å². The summed E-state index contributed by atoms with van der Waals surface area (Å²) in [4.78, 5) is 15.6. The van der Waals surface area contributed by atoms with E-state index in [1.807, 2.05) is 69.3 Å². The molecular formula is C22H24N4O3. The number of carbonyl (C=O) groups excluding carboxylic acids is 1. The minimum absolute atomic E-state index is 0.405. The van der Waals surface area contributed by atoms with Crippen LogP contribution >= 0.6 is 0 Å². The molecule has 3 aromatic rings. The van der Waals surface area contributed by atoms with Crippen molar-refractivity contribution in [3.8, 4) is 11.3 Å². The Morgan fingerprint density at radius 3 is 2.48 bits per heavy atom. The number of nitrogens with zero attached hydrogens (tertiary/aromatic N) is 2. The van der Waals surface area contributed by atoms with Crippen LogP contribution in [0.25, 0.3) is 11.3 Å².